The van der Waals surface area contributed by atoms with Crippen molar-refractivity contribution in [3.63, 3.8) is 0 Å². The van der Waals surface area contributed by atoms with Gasteiger partial charge in [0.1, 0.15) is 18.2 Å². The van der Waals surface area contributed by atoms with E-state index in [0.717, 1.165) is 0 Å². The van der Waals surface area contributed by atoms with Crippen LogP contribution in [0.2, 0.25) is 0 Å². The quantitative estimate of drug-likeness (QED) is 0.833. The number of nitrogens with one attached hydrogen (secondary N) is 1. The van der Waals surface area contributed by atoms with Crippen LogP contribution in [0, 0.1) is 0 Å². The topological polar surface area (TPSA) is 81.2 Å². The average Bonchev–Trinajstić information content (AvgIpc) is 2.13. The van der Waals surface area contributed by atoms with Crippen molar-refractivity contribution in [3.8, 4) is 0 Å². The summed E-state index contributed by atoms with van der Waals surface area (Å²) < 4.78 is 16.8. The minimum Gasteiger partial charge on any atom is -0.444 e. The Morgan fingerprint density at radius 3 is 2.28 bits per heavy atom. The van der Waals surface area contributed by atoms with Crippen molar-refractivity contribution in [2.24, 2.45) is 0 Å². The molecule has 0 saturated carbocycles. The van der Waals surface area contributed by atoms with Crippen LogP contribution in [0.3, 0.4) is 0 Å². The summed E-state index contributed by atoms with van der Waals surface area (Å²) in [7, 11) is -2.42. The third-order valence-electron chi connectivity index (χ3n) is 1.83. The molecule has 1 amide bonds. The molecule has 6 nitrogen and oxygen atoms in total. The van der Waals surface area contributed by atoms with Gasteiger partial charge in [-0.25, -0.2) is 4.79 Å². The minimum atomic E-state index is -2.42. The summed E-state index contributed by atoms with van der Waals surface area (Å²) in [6, 6.07) is 3.13. The molecule has 1 aromatic rings. The summed E-state index contributed by atoms with van der Waals surface area (Å²) in [5, 5.41) is 10.0. The van der Waals surface area contributed by atoms with Crippen molar-refractivity contribution in [2.75, 3.05) is 18.6 Å². The highest BCUT2D eigenvalue weighted by molar-refractivity contribution is 7.69. The van der Waals surface area contributed by atoms with Gasteiger partial charge >= 0.3 is 6.09 Å². The van der Waals surface area contributed by atoms with Gasteiger partial charge in [-0.15, -0.1) is 10.2 Å². The number of hydrogen-bond donors (Lipinski definition) is 1. The molecule has 0 aliphatic carbocycles. The van der Waals surface area contributed by atoms with Crippen molar-refractivity contribution in [1.82, 2.24) is 10.2 Å². The molecule has 100 valence electrons. The molecule has 1 N–H and O–H groups in total. The van der Waals surface area contributed by atoms with Crippen molar-refractivity contribution in [3.05, 3.63) is 12.1 Å². The minimum absolute atomic E-state index is 0.265. The fourth-order valence-corrected chi connectivity index (χ4v) is 1.78. The van der Waals surface area contributed by atoms with E-state index in [2.05, 4.69) is 15.5 Å². The normalized spacial score (nSPS) is 12.1. The van der Waals surface area contributed by atoms with Crippen LogP contribution < -0.4 is 10.8 Å². The number of carbonyl (C=O) groups is 1. The second-order valence-electron chi connectivity index (χ2n) is 5.25. The molecule has 0 aliphatic rings. The van der Waals surface area contributed by atoms with Gasteiger partial charge in [0, 0.05) is 0 Å². The number of carbonyl (C=O) groups excluding carboxylic acids is 1. The predicted octanol–water partition coefficient (Wildman–Crippen LogP) is 2.07. The van der Waals surface area contributed by atoms with Gasteiger partial charge in [-0.2, -0.15) is 0 Å². The Morgan fingerprint density at radius 1 is 1.28 bits per heavy atom. The summed E-state index contributed by atoms with van der Waals surface area (Å²) >= 11 is 0. The van der Waals surface area contributed by atoms with E-state index in [1.54, 1.807) is 46.2 Å². The standard InChI is InChI=1S/C11H18N3O3P/c1-11(2,3)17-10(15)12-8-6-7-9(14-13-8)18(4,5)16/h6-7H,1-5H3,(H,12,13,15). The highest BCUT2D eigenvalue weighted by atomic mass is 31.2. The lowest BCUT2D eigenvalue weighted by molar-refractivity contribution is 0.0635. The zero-order valence-corrected chi connectivity index (χ0v) is 12.1. The smallest absolute Gasteiger partial charge is 0.413 e. The molecule has 0 spiro atoms. The maximum Gasteiger partial charge on any atom is 0.413 e. The van der Waals surface area contributed by atoms with Gasteiger partial charge in [0.05, 0.1) is 0 Å². The predicted molar refractivity (Wildman–Crippen MR) is 71.0 cm³/mol. The zero-order valence-electron chi connectivity index (χ0n) is 11.2. The molecule has 0 radical (unpaired) electrons. The SMILES string of the molecule is CC(C)(C)OC(=O)Nc1ccc(P(C)(C)=O)nn1. The van der Waals surface area contributed by atoms with Crippen molar-refractivity contribution in [1.29, 1.82) is 0 Å². The Kier molecular flexibility index (Phi) is 4.12. The van der Waals surface area contributed by atoms with Crippen LogP contribution in [-0.4, -0.2) is 35.2 Å². The van der Waals surface area contributed by atoms with Crippen molar-refractivity contribution < 1.29 is 14.1 Å². The van der Waals surface area contributed by atoms with Gasteiger partial charge in [0.2, 0.25) is 0 Å². The monoisotopic (exact) mass is 271 g/mol. The molecular formula is C11H18N3O3P. The van der Waals surface area contributed by atoms with Gasteiger partial charge < -0.3 is 9.30 Å². The Hall–Kier alpha value is -1.42. The number of aromatic nitrogens is 2. The highest BCUT2D eigenvalue weighted by Crippen LogP contribution is 2.32. The molecule has 0 fully saturated rings. The van der Waals surface area contributed by atoms with Crippen molar-refractivity contribution in [2.45, 2.75) is 26.4 Å². The fraction of sp³-hybridized carbons (Fsp3) is 0.545. The van der Waals surface area contributed by atoms with Crippen LogP contribution in [-0.2, 0) is 9.30 Å². The van der Waals surface area contributed by atoms with Gasteiger partial charge in [-0.3, -0.25) is 5.32 Å². The van der Waals surface area contributed by atoms with Crippen LogP contribution >= 0.6 is 7.14 Å². The lowest BCUT2D eigenvalue weighted by atomic mass is 10.2. The van der Waals surface area contributed by atoms with Gasteiger partial charge in [-0.05, 0) is 46.2 Å². The lowest BCUT2D eigenvalue weighted by Gasteiger charge is -2.19. The maximum atomic E-state index is 11.7. The molecule has 1 heterocycles. The molecule has 0 unspecified atom stereocenters. The molecule has 1 aromatic heterocycles. The second-order valence-corrected chi connectivity index (χ2v) is 8.41. The highest BCUT2D eigenvalue weighted by Gasteiger charge is 2.17. The number of anilines is 1. The Morgan fingerprint density at radius 2 is 1.89 bits per heavy atom. The van der Waals surface area contributed by atoms with Crippen LogP contribution in [0.5, 0.6) is 0 Å². The third kappa shape index (κ3) is 4.84. The molecule has 1 rings (SSSR count). The number of rotatable bonds is 2. The van der Waals surface area contributed by atoms with E-state index >= 15 is 0 Å². The lowest BCUT2D eigenvalue weighted by Crippen LogP contribution is -2.27. The fourth-order valence-electron chi connectivity index (χ4n) is 1.09. The van der Waals surface area contributed by atoms with Gasteiger partial charge in [-0.1, -0.05) is 0 Å². The van der Waals surface area contributed by atoms with Gasteiger partial charge in [0.15, 0.2) is 5.82 Å². The summed E-state index contributed by atoms with van der Waals surface area (Å²) in [4.78, 5) is 11.5. The first-order valence-electron chi connectivity index (χ1n) is 5.47. The first-order valence-corrected chi connectivity index (χ1v) is 8.07. The first-order chi connectivity index (χ1) is 8.08. The molecule has 0 bridgehead atoms. The zero-order chi connectivity index (χ0) is 14.0. The second kappa shape index (κ2) is 5.06. The van der Waals surface area contributed by atoms with Crippen LogP contribution in [0.15, 0.2) is 12.1 Å². The molecule has 18 heavy (non-hydrogen) atoms. The average molecular weight is 271 g/mol. The number of ether oxygens (including phenoxy) is 1. The number of amides is 1. The molecule has 0 saturated heterocycles. The number of hydrogen-bond acceptors (Lipinski definition) is 5. The van der Waals surface area contributed by atoms with E-state index in [0.29, 0.717) is 5.44 Å². The molecule has 0 atom stereocenters. The van der Waals surface area contributed by atoms with Crippen LogP contribution in [0.4, 0.5) is 10.6 Å². The van der Waals surface area contributed by atoms with E-state index in [4.69, 9.17) is 4.74 Å². The Balaban J connectivity index is 2.70. The molecule has 7 heteroatoms. The number of nitrogens with zero attached hydrogens (tertiary/aromatic N) is 2. The molecule has 0 aromatic carbocycles. The molecular weight excluding hydrogens is 253 g/mol. The largest absolute Gasteiger partial charge is 0.444 e. The summed E-state index contributed by atoms with van der Waals surface area (Å²) in [6.45, 7) is 8.53. The maximum absolute atomic E-state index is 11.7. The molecule has 0 aliphatic heterocycles. The summed E-state index contributed by atoms with van der Waals surface area (Å²) in [5.74, 6) is 0.265. The van der Waals surface area contributed by atoms with E-state index < -0.39 is 18.8 Å². The summed E-state index contributed by atoms with van der Waals surface area (Å²) in [6.07, 6.45) is -0.597. The van der Waals surface area contributed by atoms with Crippen LogP contribution in [0.1, 0.15) is 20.8 Å². The van der Waals surface area contributed by atoms with E-state index in [9.17, 15) is 9.36 Å². The van der Waals surface area contributed by atoms with E-state index in [-0.39, 0.29) is 5.82 Å². The third-order valence-corrected chi connectivity index (χ3v) is 3.17. The summed E-state index contributed by atoms with van der Waals surface area (Å²) in [5.41, 5.74) is -0.141. The Bertz CT molecular complexity index is 473. The Labute approximate surface area is 107 Å². The van der Waals surface area contributed by atoms with E-state index in [1.165, 1.54) is 0 Å². The first kappa shape index (κ1) is 14.6. The van der Waals surface area contributed by atoms with E-state index in [1.807, 2.05) is 0 Å². The van der Waals surface area contributed by atoms with Crippen molar-refractivity contribution >= 4 is 24.5 Å². The van der Waals surface area contributed by atoms with Crippen LogP contribution in [0.25, 0.3) is 0 Å². The van der Waals surface area contributed by atoms with Gasteiger partial charge in [0.25, 0.3) is 0 Å².